The van der Waals surface area contributed by atoms with Crippen molar-refractivity contribution < 1.29 is 4.79 Å². The van der Waals surface area contributed by atoms with Gasteiger partial charge in [0.2, 0.25) is 5.91 Å². The van der Waals surface area contributed by atoms with Gasteiger partial charge in [0.1, 0.15) is 0 Å². The summed E-state index contributed by atoms with van der Waals surface area (Å²) in [4.78, 5) is 14.0. The quantitative estimate of drug-likeness (QED) is 0.832. The van der Waals surface area contributed by atoms with Gasteiger partial charge < -0.3 is 4.90 Å². The van der Waals surface area contributed by atoms with E-state index in [0.29, 0.717) is 23.6 Å². The number of hydrogen-bond acceptors (Lipinski definition) is 2. The smallest absolute Gasteiger partial charge is 0.222 e. The summed E-state index contributed by atoms with van der Waals surface area (Å²) in [5, 5.41) is 9.39. The third-order valence-electron chi connectivity index (χ3n) is 3.97. The minimum absolute atomic E-state index is 0.191. The van der Waals surface area contributed by atoms with Crippen molar-refractivity contribution in [3.8, 4) is 6.07 Å². The fraction of sp³-hybridized carbons (Fsp3) is 0.500. The van der Waals surface area contributed by atoms with E-state index in [1.165, 1.54) is 0 Å². The molecule has 0 radical (unpaired) electrons. The minimum Gasteiger partial charge on any atom is -0.338 e. The van der Waals surface area contributed by atoms with Crippen LogP contribution in [0, 0.1) is 16.7 Å². The fourth-order valence-electron chi connectivity index (χ4n) is 2.41. The molecule has 0 spiro atoms. The van der Waals surface area contributed by atoms with Crippen molar-refractivity contribution in [3.63, 3.8) is 0 Å². The average molecular weight is 291 g/mol. The van der Waals surface area contributed by atoms with Gasteiger partial charge in [-0.15, -0.1) is 0 Å². The number of halogens is 1. The van der Waals surface area contributed by atoms with E-state index in [4.69, 9.17) is 16.9 Å². The Labute approximate surface area is 125 Å². The second kappa shape index (κ2) is 5.85. The lowest BCUT2D eigenvalue weighted by molar-refractivity contribution is -0.131. The molecule has 20 heavy (non-hydrogen) atoms. The summed E-state index contributed by atoms with van der Waals surface area (Å²) in [7, 11) is 0. The second-order valence-electron chi connectivity index (χ2n) is 6.15. The highest BCUT2D eigenvalue weighted by Gasteiger charge is 2.27. The van der Waals surface area contributed by atoms with Gasteiger partial charge in [-0.2, -0.15) is 5.26 Å². The van der Waals surface area contributed by atoms with Crippen LogP contribution in [-0.2, 0) is 11.3 Å². The first-order valence-electron chi connectivity index (χ1n) is 6.88. The van der Waals surface area contributed by atoms with Crippen molar-refractivity contribution in [1.82, 2.24) is 4.90 Å². The molecule has 1 fully saturated rings. The number of rotatable bonds is 2. The Morgan fingerprint density at radius 3 is 2.80 bits per heavy atom. The van der Waals surface area contributed by atoms with E-state index in [0.717, 1.165) is 24.9 Å². The molecule has 1 heterocycles. The van der Waals surface area contributed by atoms with Gasteiger partial charge in [-0.05, 0) is 36.0 Å². The standard InChI is InChI=1S/C16H19ClN2O/c1-16(2)6-5-15(20)19(8-7-16)11-13-4-3-12(10-18)9-14(13)17/h3-4,9H,5-8,11H2,1-2H3. The second-order valence-corrected chi connectivity index (χ2v) is 6.55. The predicted octanol–water partition coefficient (Wildman–Crippen LogP) is 3.75. The van der Waals surface area contributed by atoms with Crippen LogP contribution in [-0.4, -0.2) is 17.4 Å². The molecule has 106 valence electrons. The number of benzene rings is 1. The molecular weight excluding hydrogens is 272 g/mol. The molecule has 0 bridgehead atoms. The normalized spacial score (nSPS) is 18.5. The fourth-order valence-corrected chi connectivity index (χ4v) is 2.65. The van der Waals surface area contributed by atoms with Crippen molar-refractivity contribution >= 4 is 17.5 Å². The molecule has 2 rings (SSSR count). The first-order chi connectivity index (χ1) is 9.41. The van der Waals surface area contributed by atoms with E-state index < -0.39 is 0 Å². The molecule has 0 aromatic heterocycles. The largest absolute Gasteiger partial charge is 0.338 e. The number of carbonyl (C=O) groups excluding carboxylic acids is 1. The maximum atomic E-state index is 12.2. The van der Waals surface area contributed by atoms with Crippen LogP contribution >= 0.6 is 11.6 Å². The van der Waals surface area contributed by atoms with Crippen LogP contribution in [0.5, 0.6) is 0 Å². The van der Waals surface area contributed by atoms with E-state index in [-0.39, 0.29) is 11.3 Å². The van der Waals surface area contributed by atoms with E-state index in [1.54, 1.807) is 12.1 Å². The highest BCUT2D eigenvalue weighted by molar-refractivity contribution is 6.31. The summed E-state index contributed by atoms with van der Waals surface area (Å²) in [6.07, 6.45) is 2.54. The molecule has 1 aliphatic rings. The van der Waals surface area contributed by atoms with Crippen LogP contribution in [0.2, 0.25) is 5.02 Å². The summed E-state index contributed by atoms with van der Waals surface area (Å²) in [6, 6.07) is 7.30. The van der Waals surface area contributed by atoms with E-state index >= 15 is 0 Å². The molecule has 4 heteroatoms. The molecule has 0 unspecified atom stereocenters. The number of hydrogen-bond donors (Lipinski definition) is 0. The number of carbonyl (C=O) groups is 1. The van der Waals surface area contributed by atoms with E-state index in [2.05, 4.69) is 19.9 Å². The Kier molecular flexibility index (Phi) is 4.35. The lowest BCUT2D eigenvalue weighted by Crippen LogP contribution is -2.30. The van der Waals surface area contributed by atoms with Crippen LogP contribution in [0.25, 0.3) is 0 Å². The third-order valence-corrected chi connectivity index (χ3v) is 4.32. The lowest BCUT2D eigenvalue weighted by atomic mass is 9.85. The zero-order valence-corrected chi connectivity index (χ0v) is 12.7. The molecule has 1 amide bonds. The SMILES string of the molecule is CC1(C)CCC(=O)N(Cc2ccc(C#N)cc2Cl)CC1. The Morgan fingerprint density at radius 2 is 2.15 bits per heavy atom. The molecule has 1 aromatic rings. The van der Waals surface area contributed by atoms with Gasteiger partial charge >= 0.3 is 0 Å². The number of likely N-dealkylation sites (tertiary alicyclic amines) is 1. The van der Waals surface area contributed by atoms with Crippen LogP contribution in [0.1, 0.15) is 44.2 Å². The van der Waals surface area contributed by atoms with Crippen LogP contribution in [0.4, 0.5) is 0 Å². The third kappa shape index (κ3) is 3.52. The summed E-state index contributed by atoms with van der Waals surface area (Å²) >= 11 is 6.18. The van der Waals surface area contributed by atoms with E-state index in [9.17, 15) is 4.79 Å². The van der Waals surface area contributed by atoms with Gasteiger partial charge in [-0.25, -0.2) is 0 Å². The molecule has 0 aliphatic carbocycles. The number of nitriles is 1. The Balaban J connectivity index is 2.13. The molecule has 0 saturated carbocycles. The topological polar surface area (TPSA) is 44.1 Å². The summed E-state index contributed by atoms with van der Waals surface area (Å²) in [5.74, 6) is 0.191. The van der Waals surface area contributed by atoms with Crippen LogP contribution in [0.3, 0.4) is 0 Å². The van der Waals surface area contributed by atoms with E-state index in [1.807, 2.05) is 11.0 Å². The monoisotopic (exact) mass is 290 g/mol. The first kappa shape index (κ1) is 14.9. The van der Waals surface area contributed by atoms with Crippen LogP contribution < -0.4 is 0 Å². The average Bonchev–Trinajstić information content (AvgIpc) is 2.53. The highest BCUT2D eigenvalue weighted by Crippen LogP contribution is 2.31. The summed E-state index contributed by atoms with van der Waals surface area (Å²) in [5.41, 5.74) is 1.67. The maximum absolute atomic E-state index is 12.2. The number of amides is 1. The van der Waals surface area contributed by atoms with Gasteiger partial charge in [0, 0.05) is 24.5 Å². The van der Waals surface area contributed by atoms with Crippen molar-refractivity contribution in [2.75, 3.05) is 6.54 Å². The Hall–Kier alpha value is -1.53. The predicted molar refractivity (Wildman–Crippen MR) is 79.2 cm³/mol. The summed E-state index contributed by atoms with van der Waals surface area (Å²) < 4.78 is 0. The lowest BCUT2D eigenvalue weighted by Gasteiger charge is -2.23. The molecular formula is C16H19ClN2O. The first-order valence-corrected chi connectivity index (χ1v) is 7.25. The Morgan fingerprint density at radius 1 is 1.40 bits per heavy atom. The van der Waals surface area contributed by atoms with Gasteiger partial charge in [-0.3, -0.25) is 4.79 Å². The summed E-state index contributed by atoms with van der Waals surface area (Å²) in [6.45, 7) is 5.71. The molecule has 1 saturated heterocycles. The molecule has 0 N–H and O–H groups in total. The van der Waals surface area contributed by atoms with Gasteiger partial charge in [-0.1, -0.05) is 31.5 Å². The van der Waals surface area contributed by atoms with Gasteiger partial charge in [0.25, 0.3) is 0 Å². The van der Waals surface area contributed by atoms with Gasteiger partial charge in [0.05, 0.1) is 11.6 Å². The number of nitrogens with zero attached hydrogens (tertiary/aromatic N) is 2. The highest BCUT2D eigenvalue weighted by atomic mass is 35.5. The maximum Gasteiger partial charge on any atom is 0.222 e. The van der Waals surface area contributed by atoms with Gasteiger partial charge in [0.15, 0.2) is 0 Å². The Bertz CT molecular complexity index is 560. The van der Waals surface area contributed by atoms with Crippen molar-refractivity contribution in [2.45, 2.75) is 39.7 Å². The molecule has 1 aromatic carbocycles. The molecule has 1 aliphatic heterocycles. The zero-order chi connectivity index (χ0) is 14.8. The van der Waals surface area contributed by atoms with Crippen molar-refractivity contribution in [3.05, 3.63) is 34.3 Å². The molecule has 0 atom stereocenters. The van der Waals surface area contributed by atoms with Crippen molar-refractivity contribution in [2.24, 2.45) is 5.41 Å². The minimum atomic E-state index is 0.191. The molecule has 3 nitrogen and oxygen atoms in total. The van der Waals surface area contributed by atoms with Crippen molar-refractivity contribution in [1.29, 1.82) is 5.26 Å². The zero-order valence-electron chi connectivity index (χ0n) is 11.9. The van der Waals surface area contributed by atoms with Crippen LogP contribution in [0.15, 0.2) is 18.2 Å².